The van der Waals surface area contributed by atoms with Gasteiger partial charge in [0, 0.05) is 54.0 Å². The van der Waals surface area contributed by atoms with Gasteiger partial charge in [-0.3, -0.25) is 4.79 Å². The monoisotopic (exact) mass is 299 g/mol. The third-order valence-electron chi connectivity index (χ3n) is 4.30. The van der Waals surface area contributed by atoms with Crippen LogP contribution in [-0.2, 0) is 20.0 Å². The summed E-state index contributed by atoms with van der Waals surface area (Å²) >= 11 is 0. The van der Waals surface area contributed by atoms with Gasteiger partial charge in [0.25, 0.3) is 0 Å². The molecule has 1 atom stereocenters. The molecule has 0 amide bonds. The molecule has 4 heteroatoms. The van der Waals surface area contributed by atoms with E-state index in [1.165, 1.54) is 17.0 Å². The maximum absolute atomic E-state index is 13.4. The normalized spacial score (nSPS) is 22.5. The van der Waals surface area contributed by atoms with Crippen molar-refractivity contribution < 1.29 is 13.0 Å². The average Bonchev–Trinajstić information content (AvgIpc) is 3.21. The van der Waals surface area contributed by atoms with Crippen LogP contribution in [0.5, 0.6) is 0 Å². The van der Waals surface area contributed by atoms with Crippen LogP contribution < -0.4 is 0 Å². The summed E-state index contributed by atoms with van der Waals surface area (Å²) in [5, 5.41) is 0.177. The Morgan fingerprint density at radius 3 is 3.05 bits per heavy atom. The van der Waals surface area contributed by atoms with Crippen molar-refractivity contribution in [2.75, 3.05) is 0 Å². The van der Waals surface area contributed by atoms with Crippen molar-refractivity contribution in [3.63, 3.8) is 0 Å². The van der Waals surface area contributed by atoms with Gasteiger partial charge in [0.05, 0.1) is 8.22 Å². The summed E-state index contributed by atoms with van der Waals surface area (Å²) < 4.78 is 52.6. The number of benzene rings is 1. The Bertz CT molecular complexity index is 1150. The molecule has 4 nitrogen and oxygen atoms in total. The zero-order valence-corrected chi connectivity index (χ0v) is 12.4. The molecule has 0 aliphatic heterocycles. The molecule has 112 valence electrons. The van der Waals surface area contributed by atoms with Crippen LogP contribution in [0.3, 0.4) is 0 Å². The molecule has 2 aromatic heterocycles. The van der Waals surface area contributed by atoms with Crippen molar-refractivity contribution in [1.29, 1.82) is 0 Å². The molecule has 3 aromatic rings. The molecular formula is C18H19N3O. The van der Waals surface area contributed by atoms with Crippen molar-refractivity contribution in [3.8, 4) is 0 Å². The van der Waals surface area contributed by atoms with Gasteiger partial charge in [0.2, 0.25) is 0 Å². The quantitative estimate of drug-likeness (QED) is 0.729. The third kappa shape index (κ3) is 1.83. The van der Waals surface area contributed by atoms with Crippen LogP contribution in [0.25, 0.3) is 10.9 Å². The number of ketones is 1. The molecule has 1 aliphatic carbocycles. The predicted octanol–water partition coefficient (Wildman–Crippen LogP) is 3.13. The highest BCUT2D eigenvalue weighted by atomic mass is 16.1. The molecule has 0 saturated heterocycles. The lowest BCUT2D eigenvalue weighted by atomic mass is 9.85. The molecule has 0 saturated carbocycles. The van der Waals surface area contributed by atoms with Gasteiger partial charge in [0.15, 0.2) is 5.78 Å². The summed E-state index contributed by atoms with van der Waals surface area (Å²) in [7, 11) is 1.68. The smallest absolute Gasteiger partial charge is 0.170 e. The van der Waals surface area contributed by atoms with E-state index >= 15 is 0 Å². The van der Waals surface area contributed by atoms with E-state index in [0.29, 0.717) is 17.9 Å². The molecule has 0 N–H and O–H groups in total. The van der Waals surface area contributed by atoms with Crippen LogP contribution in [0.2, 0.25) is 0 Å². The summed E-state index contributed by atoms with van der Waals surface area (Å²) in [6.45, 7) is -0.326. The first-order chi connectivity index (χ1) is 13.1. The molecule has 2 heterocycles. The van der Waals surface area contributed by atoms with E-state index < -0.39 is 24.2 Å². The standard InChI is InChI=1S/C18H19N3O/c1-12-19-9-10-21(12)11-13-7-8-16-17(18(13)22)14-5-3-4-6-15(14)20(16)2/h3-6,9-10,13H,7-8,11H2,1-2H3/i3D,4D,5D,6D,11D2. The lowest BCUT2D eigenvalue weighted by Gasteiger charge is -2.23. The van der Waals surface area contributed by atoms with Gasteiger partial charge in [-0.2, -0.15) is 0 Å². The second-order valence-corrected chi connectivity index (χ2v) is 5.53. The van der Waals surface area contributed by atoms with Crippen molar-refractivity contribution in [1.82, 2.24) is 14.1 Å². The molecule has 1 aromatic carbocycles. The van der Waals surface area contributed by atoms with Gasteiger partial charge in [-0.25, -0.2) is 4.98 Å². The minimum absolute atomic E-state index is 0.177. The van der Waals surface area contributed by atoms with Crippen LogP contribution in [0.4, 0.5) is 0 Å². The summed E-state index contributed by atoms with van der Waals surface area (Å²) in [5.74, 6) is -0.949. The number of aryl methyl sites for hydroxylation is 2. The number of rotatable bonds is 2. The SMILES string of the molecule is [2H]c1c([2H])c([2H])c2c(c1[2H])c1c(n2C)CCC(C([2H])([2H])n2ccnc2C)C1=O. The Balaban J connectivity index is 1.96. The number of para-hydroxylation sites is 1. The van der Waals surface area contributed by atoms with Gasteiger partial charge in [0.1, 0.15) is 5.82 Å². The van der Waals surface area contributed by atoms with E-state index in [1.807, 2.05) is 0 Å². The first kappa shape index (κ1) is 8.32. The fourth-order valence-corrected chi connectivity index (χ4v) is 3.14. The number of carbonyl (C=O) groups excluding carboxylic acids is 1. The maximum atomic E-state index is 13.4. The molecule has 0 bridgehead atoms. The highest BCUT2D eigenvalue weighted by Gasteiger charge is 2.32. The maximum Gasteiger partial charge on any atom is 0.170 e. The number of Topliss-reactive ketones (excluding diaryl/α,β-unsaturated/α-hetero) is 1. The average molecular weight is 299 g/mol. The summed E-state index contributed by atoms with van der Waals surface area (Å²) in [5.41, 5.74) is 1.12. The van der Waals surface area contributed by atoms with Gasteiger partial charge in [-0.1, -0.05) is 18.1 Å². The summed E-state index contributed by atoms with van der Waals surface area (Å²) in [6, 6.07) is -1.19. The fraction of sp³-hybridized carbons (Fsp3) is 0.333. The lowest BCUT2D eigenvalue weighted by Crippen LogP contribution is -2.27. The van der Waals surface area contributed by atoms with Gasteiger partial charge in [-0.15, -0.1) is 0 Å². The van der Waals surface area contributed by atoms with E-state index in [1.54, 1.807) is 18.5 Å². The summed E-state index contributed by atoms with van der Waals surface area (Å²) in [6.07, 6.45) is 3.68. The first-order valence-corrected chi connectivity index (χ1v) is 7.21. The molecule has 0 fully saturated rings. The van der Waals surface area contributed by atoms with E-state index in [-0.39, 0.29) is 41.0 Å². The van der Waals surface area contributed by atoms with E-state index in [2.05, 4.69) is 4.98 Å². The largest absolute Gasteiger partial charge is 0.347 e. The Hall–Kier alpha value is -2.36. The Kier molecular flexibility index (Phi) is 1.83. The minimum atomic E-state index is -2.00. The Labute approximate surface area is 137 Å². The number of aromatic nitrogens is 3. The summed E-state index contributed by atoms with van der Waals surface area (Å²) in [4.78, 5) is 17.5. The van der Waals surface area contributed by atoms with Gasteiger partial charge < -0.3 is 9.13 Å². The number of fused-ring (bicyclic) bond motifs is 3. The number of imidazole rings is 1. The van der Waals surface area contributed by atoms with E-state index in [9.17, 15) is 4.79 Å². The topological polar surface area (TPSA) is 39.8 Å². The Morgan fingerprint density at radius 1 is 1.45 bits per heavy atom. The Morgan fingerprint density at radius 2 is 2.27 bits per heavy atom. The highest BCUT2D eigenvalue weighted by molar-refractivity contribution is 6.11. The van der Waals surface area contributed by atoms with Crippen LogP contribution in [0.1, 0.15) is 36.5 Å². The van der Waals surface area contributed by atoms with Crippen LogP contribution in [0, 0.1) is 12.8 Å². The zero-order valence-electron chi connectivity index (χ0n) is 18.4. The van der Waals surface area contributed by atoms with E-state index in [4.69, 9.17) is 8.22 Å². The molecule has 0 radical (unpaired) electrons. The molecule has 0 spiro atoms. The van der Waals surface area contributed by atoms with Crippen molar-refractivity contribution >= 4 is 16.7 Å². The van der Waals surface area contributed by atoms with Gasteiger partial charge >= 0.3 is 0 Å². The van der Waals surface area contributed by atoms with E-state index in [0.717, 1.165) is 0 Å². The zero-order chi connectivity index (χ0) is 20.5. The number of hydrogen-bond acceptors (Lipinski definition) is 2. The number of nitrogens with zero attached hydrogens (tertiary/aromatic N) is 3. The molecule has 1 unspecified atom stereocenters. The first-order valence-electron chi connectivity index (χ1n) is 10.2. The second-order valence-electron chi connectivity index (χ2n) is 5.53. The second kappa shape index (κ2) is 4.83. The number of hydrogen-bond donors (Lipinski definition) is 0. The van der Waals surface area contributed by atoms with Crippen LogP contribution >= 0.6 is 0 Å². The van der Waals surface area contributed by atoms with Crippen molar-refractivity contribution in [2.45, 2.75) is 26.3 Å². The lowest BCUT2D eigenvalue weighted by molar-refractivity contribution is 0.0888. The molecule has 4 rings (SSSR count). The third-order valence-corrected chi connectivity index (χ3v) is 4.30. The van der Waals surface area contributed by atoms with Crippen LogP contribution in [-0.4, -0.2) is 19.9 Å². The van der Waals surface area contributed by atoms with Crippen LogP contribution in [0.15, 0.2) is 36.6 Å². The molecular weight excluding hydrogens is 274 g/mol. The predicted molar refractivity (Wildman–Crippen MR) is 86.0 cm³/mol. The number of carbonyl (C=O) groups is 1. The minimum Gasteiger partial charge on any atom is -0.347 e. The molecule has 22 heavy (non-hydrogen) atoms. The molecule has 1 aliphatic rings. The highest BCUT2D eigenvalue weighted by Crippen LogP contribution is 2.34. The van der Waals surface area contributed by atoms with Crippen molar-refractivity contribution in [3.05, 3.63) is 53.6 Å². The van der Waals surface area contributed by atoms with Gasteiger partial charge in [-0.05, 0) is 25.8 Å². The van der Waals surface area contributed by atoms with Crippen molar-refractivity contribution in [2.24, 2.45) is 13.0 Å². The fourth-order valence-electron chi connectivity index (χ4n) is 3.14.